The van der Waals surface area contributed by atoms with E-state index >= 15 is 0 Å². The van der Waals surface area contributed by atoms with Gasteiger partial charge in [0.1, 0.15) is 0 Å². The minimum atomic E-state index is 0.0813. The Bertz CT molecular complexity index is 868. The molecule has 0 spiro atoms. The molecule has 33 heavy (non-hydrogen) atoms. The number of nitrogens with one attached hydrogen (secondary N) is 1. The molecule has 1 aliphatic rings. The normalized spacial score (nSPS) is 16.2. The maximum atomic E-state index is 12.7. The van der Waals surface area contributed by atoms with Crippen molar-refractivity contribution in [3.63, 3.8) is 0 Å². The Balaban J connectivity index is 1.51. The van der Waals surface area contributed by atoms with Crippen molar-refractivity contribution in [3.8, 4) is 5.69 Å². The molecule has 0 unspecified atom stereocenters. The largest absolute Gasteiger partial charge is 0.349 e. The van der Waals surface area contributed by atoms with Gasteiger partial charge in [-0.1, -0.05) is 52.8 Å². The van der Waals surface area contributed by atoms with E-state index in [9.17, 15) is 4.79 Å². The van der Waals surface area contributed by atoms with Gasteiger partial charge in [0.2, 0.25) is 5.91 Å². The van der Waals surface area contributed by atoms with Crippen molar-refractivity contribution < 1.29 is 4.79 Å². The highest BCUT2D eigenvalue weighted by molar-refractivity contribution is 5.77. The number of carbonyl (C=O) groups excluding carboxylic acids is 1. The van der Waals surface area contributed by atoms with Crippen LogP contribution in [-0.4, -0.2) is 64.8 Å². The van der Waals surface area contributed by atoms with Gasteiger partial charge in [0.15, 0.2) is 0 Å². The van der Waals surface area contributed by atoms with Gasteiger partial charge in [0, 0.05) is 18.8 Å². The molecule has 1 aromatic carbocycles. The second kappa shape index (κ2) is 11.8. The highest BCUT2D eigenvalue weighted by atomic mass is 16.2. The minimum absolute atomic E-state index is 0.0813. The van der Waals surface area contributed by atoms with Crippen LogP contribution in [0.1, 0.15) is 58.8 Å². The van der Waals surface area contributed by atoms with E-state index in [0.29, 0.717) is 24.4 Å². The molecule has 0 saturated carbocycles. The Labute approximate surface area is 200 Å². The summed E-state index contributed by atoms with van der Waals surface area (Å²) in [4.78, 5) is 17.5. The summed E-state index contributed by atoms with van der Waals surface area (Å²) < 4.78 is 2.02. The van der Waals surface area contributed by atoms with E-state index in [1.54, 1.807) is 0 Å². The van der Waals surface area contributed by atoms with Crippen molar-refractivity contribution in [3.05, 3.63) is 47.8 Å². The number of carbonyl (C=O) groups is 1. The number of aromatic nitrogens is 2. The first-order valence-electron chi connectivity index (χ1n) is 12.5. The predicted octanol–water partition coefficient (Wildman–Crippen LogP) is 4.13. The van der Waals surface area contributed by atoms with Crippen LogP contribution in [0.25, 0.3) is 5.69 Å². The molecule has 0 aliphatic carbocycles. The van der Waals surface area contributed by atoms with Crippen LogP contribution in [0.4, 0.5) is 0 Å². The maximum absolute atomic E-state index is 12.7. The number of rotatable bonds is 9. The summed E-state index contributed by atoms with van der Waals surface area (Å²) in [7, 11) is 0. The molecular weight excluding hydrogens is 410 g/mol. The van der Waals surface area contributed by atoms with E-state index < -0.39 is 0 Å². The summed E-state index contributed by atoms with van der Waals surface area (Å²) in [6, 6.07) is 12.4. The van der Waals surface area contributed by atoms with E-state index in [-0.39, 0.29) is 5.91 Å². The lowest BCUT2D eigenvalue weighted by molar-refractivity contribution is -0.122. The second-order valence-electron chi connectivity index (χ2n) is 11.0. The lowest BCUT2D eigenvalue weighted by Gasteiger charge is -2.25. The first-order chi connectivity index (χ1) is 15.7. The van der Waals surface area contributed by atoms with E-state index in [4.69, 9.17) is 5.10 Å². The van der Waals surface area contributed by atoms with Crippen molar-refractivity contribution in [2.24, 2.45) is 11.3 Å². The summed E-state index contributed by atoms with van der Waals surface area (Å²) >= 11 is 0. The Morgan fingerprint density at radius 1 is 1.06 bits per heavy atom. The number of amides is 1. The molecule has 1 fully saturated rings. The fourth-order valence-corrected chi connectivity index (χ4v) is 4.27. The summed E-state index contributed by atoms with van der Waals surface area (Å²) in [6.07, 6.45) is 3.29. The van der Waals surface area contributed by atoms with Crippen LogP contribution < -0.4 is 5.32 Å². The van der Waals surface area contributed by atoms with Crippen molar-refractivity contribution in [1.29, 1.82) is 0 Å². The monoisotopic (exact) mass is 453 g/mol. The molecule has 1 saturated heterocycles. The Morgan fingerprint density at radius 3 is 2.45 bits per heavy atom. The molecule has 0 radical (unpaired) electrons. The van der Waals surface area contributed by atoms with E-state index in [1.807, 2.05) is 22.9 Å². The molecule has 6 nitrogen and oxygen atoms in total. The average Bonchev–Trinajstić information content (AvgIpc) is 3.01. The molecule has 2 aromatic rings. The zero-order valence-electron chi connectivity index (χ0n) is 21.3. The Hall–Kier alpha value is -2.18. The van der Waals surface area contributed by atoms with Gasteiger partial charge in [-0.2, -0.15) is 5.10 Å². The highest BCUT2D eigenvalue weighted by Gasteiger charge is 2.19. The van der Waals surface area contributed by atoms with Crippen LogP contribution in [0.3, 0.4) is 0 Å². The number of hydrogen-bond acceptors (Lipinski definition) is 4. The third-order valence-corrected chi connectivity index (χ3v) is 6.14. The van der Waals surface area contributed by atoms with Gasteiger partial charge in [-0.05, 0) is 68.4 Å². The fraction of sp³-hybridized carbons (Fsp3) is 0.630. The maximum Gasteiger partial charge on any atom is 0.234 e. The van der Waals surface area contributed by atoms with Crippen LogP contribution in [0.2, 0.25) is 0 Å². The van der Waals surface area contributed by atoms with Crippen molar-refractivity contribution >= 4 is 5.91 Å². The Kier molecular flexibility index (Phi) is 9.10. The summed E-state index contributed by atoms with van der Waals surface area (Å²) in [5.41, 5.74) is 3.52. The van der Waals surface area contributed by atoms with Gasteiger partial charge in [-0.3, -0.25) is 9.69 Å². The number of benzene rings is 1. The number of hydrogen-bond donors (Lipinski definition) is 1. The summed E-state index contributed by atoms with van der Waals surface area (Å²) in [5, 5.41) is 7.90. The van der Waals surface area contributed by atoms with Gasteiger partial charge in [0.05, 0.1) is 24.5 Å². The molecule has 1 aliphatic heterocycles. The minimum Gasteiger partial charge on any atom is -0.349 e. The Morgan fingerprint density at radius 2 is 1.76 bits per heavy atom. The van der Waals surface area contributed by atoms with Crippen molar-refractivity contribution in [2.45, 2.75) is 60.4 Å². The van der Waals surface area contributed by atoms with Gasteiger partial charge in [0.25, 0.3) is 0 Å². The average molecular weight is 454 g/mol. The van der Waals surface area contributed by atoms with E-state index in [2.05, 4.69) is 67.9 Å². The standard InChI is InChI=1S/C27H43N5O/c1-22(2)18-25-19-23(29-32(25)24-10-7-6-8-11-24)20-28-26(33)21-31-14-9-13-30(16-17-31)15-12-27(3,4)5/h6-8,10-11,19,22H,9,12-18,20-21H2,1-5H3,(H,28,33). The molecule has 1 N–H and O–H groups in total. The molecule has 1 aromatic heterocycles. The molecule has 3 rings (SSSR count). The smallest absolute Gasteiger partial charge is 0.234 e. The van der Waals surface area contributed by atoms with Crippen LogP contribution in [0, 0.1) is 11.3 Å². The molecule has 0 bridgehead atoms. The molecule has 0 atom stereocenters. The first kappa shape index (κ1) is 25.4. The predicted molar refractivity (Wildman–Crippen MR) is 136 cm³/mol. The van der Waals surface area contributed by atoms with Gasteiger partial charge < -0.3 is 10.2 Å². The van der Waals surface area contributed by atoms with Gasteiger partial charge >= 0.3 is 0 Å². The zero-order valence-corrected chi connectivity index (χ0v) is 21.3. The first-order valence-corrected chi connectivity index (χ1v) is 12.5. The summed E-state index contributed by atoms with van der Waals surface area (Å²) in [5.74, 6) is 0.621. The third kappa shape index (κ3) is 8.59. The lowest BCUT2D eigenvalue weighted by Crippen LogP contribution is -2.39. The second-order valence-corrected chi connectivity index (χ2v) is 11.0. The van der Waals surface area contributed by atoms with Gasteiger partial charge in [-0.15, -0.1) is 0 Å². The molecule has 2 heterocycles. The van der Waals surface area contributed by atoms with Crippen molar-refractivity contribution in [1.82, 2.24) is 24.9 Å². The summed E-state index contributed by atoms with van der Waals surface area (Å²) in [6.45, 7) is 17.5. The van der Waals surface area contributed by atoms with E-state index in [0.717, 1.165) is 56.9 Å². The quantitative estimate of drug-likeness (QED) is 0.620. The zero-order chi connectivity index (χ0) is 23.8. The SMILES string of the molecule is CC(C)Cc1cc(CNC(=O)CN2CCCN(CCC(C)(C)C)CC2)nn1-c1ccccc1. The van der Waals surface area contributed by atoms with Crippen molar-refractivity contribution in [2.75, 3.05) is 39.3 Å². The molecule has 6 heteroatoms. The van der Waals surface area contributed by atoms with Crippen LogP contribution >= 0.6 is 0 Å². The number of para-hydroxylation sites is 1. The van der Waals surface area contributed by atoms with Crippen LogP contribution in [-0.2, 0) is 17.8 Å². The lowest BCUT2D eigenvalue weighted by atomic mass is 9.92. The van der Waals surface area contributed by atoms with Crippen LogP contribution in [0.5, 0.6) is 0 Å². The van der Waals surface area contributed by atoms with E-state index in [1.165, 1.54) is 12.1 Å². The highest BCUT2D eigenvalue weighted by Crippen LogP contribution is 2.19. The number of nitrogens with zero attached hydrogens (tertiary/aromatic N) is 4. The molecule has 182 valence electrons. The molecule has 1 amide bonds. The van der Waals surface area contributed by atoms with Gasteiger partial charge in [-0.25, -0.2) is 4.68 Å². The van der Waals surface area contributed by atoms with Crippen LogP contribution in [0.15, 0.2) is 36.4 Å². The third-order valence-electron chi connectivity index (χ3n) is 6.14. The fourth-order valence-electron chi connectivity index (χ4n) is 4.27. The topological polar surface area (TPSA) is 53.4 Å². The molecular formula is C27H43N5O.